The van der Waals surface area contributed by atoms with Gasteiger partial charge in [-0.3, -0.25) is 9.59 Å². The molecule has 0 bridgehead atoms. The summed E-state index contributed by atoms with van der Waals surface area (Å²) >= 11 is 0. The van der Waals surface area contributed by atoms with Crippen LogP contribution in [0.25, 0.3) is 0 Å². The van der Waals surface area contributed by atoms with Crippen LogP contribution in [0.1, 0.15) is 36.8 Å². The largest absolute Gasteiger partial charge is 0.369 e. The monoisotopic (exact) mass is 352 g/mol. The molecule has 0 saturated heterocycles. The summed E-state index contributed by atoms with van der Waals surface area (Å²) in [6, 6.07) is 20.1. The van der Waals surface area contributed by atoms with Crippen molar-refractivity contribution in [1.29, 1.82) is 0 Å². The lowest BCUT2D eigenvalue weighted by Gasteiger charge is -2.18. The van der Waals surface area contributed by atoms with Crippen LogP contribution in [0.5, 0.6) is 0 Å². The summed E-state index contributed by atoms with van der Waals surface area (Å²) in [5, 5.41) is 0. The van der Waals surface area contributed by atoms with Crippen LogP contribution >= 0.6 is 0 Å². The zero-order valence-corrected chi connectivity index (χ0v) is 15.1. The van der Waals surface area contributed by atoms with Gasteiger partial charge in [0.15, 0.2) is 0 Å². The van der Waals surface area contributed by atoms with Crippen LogP contribution in [-0.4, -0.2) is 11.8 Å². The molecule has 2 aromatic rings. The highest BCUT2D eigenvalue weighted by molar-refractivity contribution is 5.78. The fraction of sp³-hybridized carbons (Fsp3) is 0.364. The average molecular weight is 352 g/mol. The van der Waals surface area contributed by atoms with Gasteiger partial charge in [-0.2, -0.15) is 0 Å². The number of carbonyl (C=O) groups excluding carboxylic acids is 2. The highest BCUT2D eigenvalue weighted by Crippen LogP contribution is 2.21. The molecular weight excluding hydrogens is 324 g/mol. The second-order valence-electron chi connectivity index (χ2n) is 6.82. The molecule has 0 aliphatic heterocycles. The summed E-state index contributed by atoms with van der Waals surface area (Å²) in [5.41, 5.74) is 13.5. The number of rotatable bonds is 11. The first-order valence-electron chi connectivity index (χ1n) is 9.22. The van der Waals surface area contributed by atoms with Crippen LogP contribution in [0.2, 0.25) is 0 Å². The van der Waals surface area contributed by atoms with Crippen molar-refractivity contribution >= 4 is 11.8 Å². The van der Waals surface area contributed by atoms with Crippen molar-refractivity contribution in [3.8, 4) is 0 Å². The Morgan fingerprint density at radius 3 is 1.27 bits per heavy atom. The predicted octanol–water partition coefficient (Wildman–Crippen LogP) is 3.24. The van der Waals surface area contributed by atoms with Crippen molar-refractivity contribution in [3.63, 3.8) is 0 Å². The molecule has 0 saturated carbocycles. The maximum absolute atomic E-state index is 11.8. The van der Waals surface area contributed by atoms with Gasteiger partial charge < -0.3 is 11.5 Å². The van der Waals surface area contributed by atoms with Crippen molar-refractivity contribution in [2.75, 3.05) is 0 Å². The minimum atomic E-state index is -0.299. The SMILES string of the molecule is NC(=O)C(CCc1ccccc1)CCC(CCc1ccccc1)C(N)=O. The second kappa shape index (κ2) is 10.4. The van der Waals surface area contributed by atoms with Crippen molar-refractivity contribution in [2.24, 2.45) is 23.3 Å². The number of aryl methyl sites for hydroxylation is 2. The normalized spacial score (nSPS) is 13.1. The van der Waals surface area contributed by atoms with E-state index in [9.17, 15) is 9.59 Å². The van der Waals surface area contributed by atoms with Gasteiger partial charge >= 0.3 is 0 Å². The molecule has 0 heterocycles. The molecule has 4 nitrogen and oxygen atoms in total. The predicted molar refractivity (Wildman–Crippen MR) is 104 cm³/mol. The van der Waals surface area contributed by atoms with Crippen molar-refractivity contribution in [2.45, 2.75) is 38.5 Å². The van der Waals surface area contributed by atoms with Gasteiger partial charge in [-0.15, -0.1) is 0 Å². The lowest BCUT2D eigenvalue weighted by Crippen LogP contribution is -2.28. The molecule has 2 rings (SSSR count). The first-order chi connectivity index (χ1) is 12.6. The van der Waals surface area contributed by atoms with E-state index in [2.05, 4.69) is 0 Å². The van der Waals surface area contributed by atoms with Gasteiger partial charge in [0.2, 0.25) is 11.8 Å². The number of nitrogens with two attached hydrogens (primary N) is 2. The molecule has 26 heavy (non-hydrogen) atoms. The third-order valence-electron chi connectivity index (χ3n) is 4.92. The fourth-order valence-corrected chi connectivity index (χ4v) is 3.23. The molecule has 2 unspecified atom stereocenters. The Hall–Kier alpha value is -2.62. The Bertz CT molecular complexity index is 624. The zero-order chi connectivity index (χ0) is 18.8. The maximum atomic E-state index is 11.8. The third-order valence-corrected chi connectivity index (χ3v) is 4.92. The Balaban J connectivity index is 1.85. The molecule has 0 fully saturated rings. The molecular formula is C22H28N2O2. The molecule has 2 amide bonds. The van der Waals surface area contributed by atoms with Crippen LogP contribution in [0.4, 0.5) is 0 Å². The fourth-order valence-electron chi connectivity index (χ4n) is 3.23. The van der Waals surface area contributed by atoms with E-state index in [-0.39, 0.29) is 23.7 Å². The summed E-state index contributed by atoms with van der Waals surface area (Å²) in [7, 11) is 0. The Morgan fingerprint density at radius 2 is 0.962 bits per heavy atom. The minimum absolute atomic E-state index is 0.228. The Morgan fingerprint density at radius 1 is 0.615 bits per heavy atom. The van der Waals surface area contributed by atoms with E-state index in [1.54, 1.807) is 0 Å². The number of amides is 2. The van der Waals surface area contributed by atoms with E-state index in [0.29, 0.717) is 25.7 Å². The summed E-state index contributed by atoms with van der Waals surface area (Å²) in [6.07, 6.45) is 4.21. The smallest absolute Gasteiger partial charge is 0.220 e. The van der Waals surface area contributed by atoms with Crippen LogP contribution in [0.3, 0.4) is 0 Å². The van der Waals surface area contributed by atoms with Gasteiger partial charge in [0, 0.05) is 11.8 Å². The molecule has 0 spiro atoms. The van der Waals surface area contributed by atoms with Crippen molar-refractivity contribution in [1.82, 2.24) is 0 Å². The lowest BCUT2D eigenvalue weighted by atomic mass is 9.88. The Kier molecular flexibility index (Phi) is 7.87. The summed E-state index contributed by atoms with van der Waals surface area (Å²) in [4.78, 5) is 23.6. The van der Waals surface area contributed by atoms with Gasteiger partial charge in [-0.25, -0.2) is 0 Å². The van der Waals surface area contributed by atoms with Gasteiger partial charge in [0.05, 0.1) is 0 Å². The number of hydrogen-bond acceptors (Lipinski definition) is 2. The maximum Gasteiger partial charge on any atom is 0.220 e. The molecule has 4 heteroatoms. The van der Waals surface area contributed by atoms with Gasteiger partial charge in [-0.05, 0) is 49.7 Å². The van der Waals surface area contributed by atoms with Crippen molar-refractivity contribution in [3.05, 3.63) is 71.8 Å². The van der Waals surface area contributed by atoms with Crippen LogP contribution in [0, 0.1) is 11.8 Å². The minimum Gasteiger partial charge on any atom is -0.369 e. The first kappa shape index (κ1) is 19.7. The van der Waals surface area contributed by atoms with Crippen molar-refractivity contribution < 1.29 is 9.59 Å². The van der Waals surface area contributed by atoms with E-state index >= 15 is 0 Å². The molecule has 0 aromatic heterocycles. The third kappa shape index (κ3) is 6.71. The molecule has 2 atom stereocenters. The van der Waals surface area contributed by atoms with Crippen LogP contribution in [0.15, 0.2) is 60.7 Å². The number of benzene rings is 2. The quantitative estimate of drug-likeness (QED) is 0.650. The second-order valence-corrected chi connectivity index (χ2v) is 6.82. The Labute approximate surface area is 155 Å². The highest BCUT2D eigenvalue weighted by atomic mass is 16.1. The van der Waals surface area contributed by atoms with Gasteiger partial charge in [0.1, 0.15) is 0 Å². The standard InChI is InChI=1S/C22H28N2O2/c23-21(25)19(13-11-17-7-3-1-4-8-17)15-16-20(22(24)26)14-12-18-9-5-2-6-10-18/h1-10,19-20H,11-16H2,(H2,23,25)(H2,24,26). The first-order valence-corrected chi connectivity index (χ1v) is 9.22. The number of carbonyl (C=O) groups is 2. The van der Waals surface area contributed by atoms with E-state index in [1.807, 2.05) is 60.7 Å². The summed E-state index contributed by atoms with van der Waals surface area (Å²) < 4.78 is 0. The number of hydrogen-bond donors (Lipinski definition) is 2. The van der Waals surface area contributed by atoms with E-state index in [1.165, 1.54) is 11.1 Å². The molecule has 0 radical (unpaired) electrons. The topological polar surface area (TPSA) is 86.2 Å². The van der Waals surface area contributed by atoms with Gasteiger partial charge in [-0.1, -0.05) is 60.7 Å². The molecule has 0 aliphatic carbocycles. The summed E-state index contributed by atoms with van der Waals surface area (Å²) in [6.45, 7) is 0. The molecule has 138 valence electrons. The summed E-state index contributed by atoms with van der Waals surface area (Å²) in [5.74, 6) is -1.05. The number of primary amides is 2. The molecule has 2 aromatic carbocycles. The molecule has 4 N–H and O–H groups in total. The van der Waals surface area contributed by atoms with Crippen LogP contribution < -0.4 is 11.5 Å². The molecule has 0 aliphatic rings. The average Bonchev–Trinajstić information content (AvgIpc) is 2.65. The highest BCUT2D eigenvalue weighted by Gasteiger charge is 2.21. The van der Waals surface area contributed by atoms with E-state index in [0.717, 1.165) is 12.8 Å². The van der Waals surface area contributed by atoms with Crippen LogP contribution in [-0.2, 0) is 22.4 Å². The van der Waals surface area contributed by atoms with Gasteiger partial charge in [0.25, 0.3) is 0 Å². The lowest BCUT2D eigenvalue weighted by molar-refractivity contribution is -0.124. The zero-order valence-electron chi connectivity index (χ0n) is 15.1. The van der Waals surface area contributed by atoms with E-state index in [4.69, 9.17) is 11.5 Å². The van der Waals surface area contributed by atoms with E-state index < -0.39 is 0 Å².